The predicted octanol–water partition coefficient (Wildman–Crippen LogP) is -0.341. The third-order valence-electron chi connectivity index (χ3n) is 1.85. The van der Waals surface area contributed by atoms with E-state index in [1.165, 1.54) is 12.4 Å². The highest BCUT2D eigenvalue weighted by molar-refractivity contribution is 7.80. The molecule has 0 aromatic carbocycles. The van der Waals surface area contributed by atoms with E-state index in [-0.39, 0.29) is 10.9 Å². The fourth-order valence-electron chi connectivity index (χ4n) is 1.07. The average molecular weight is 239 g/mol. The van der Waals surface area contributed by atoms with Crippen molar-refractivity contribution in [2.75, 3.05) is 18.9 Å². The third-order valence-corrected chi connectivity index (χ3v) is 2.05. The molecule has 0 radical (unpaired) electrons. The number of carbonyl (C=O) groups excluding carboxylic acids is 1. The molecule has 0 atom stereocenters. The zero-order chi connectivity index (χ0) is 12.0. The lowest BCUT2D eigenvalue weighted by Crippen LogP contribution is -2.22. The zero-order valence-electron chi connectivity index (χ0n) is 8.86. The fraction of sp³-hybridized carbons (Fsp3) is 0.333. The van der Waals surface area contributed by atoms with E-state index in [4.69, 9.17) is 18.0 Å². The number of nitrogens with two attached hydrogens (primary N) is 1. The maximum absolute atomic E-state index is 11.0. The molecule has 7 heteroatoms. The van der Waals surface area contributed by atoms with Crippen LogP contribution < -0.4 is 16.4 Å². The number of hydrogen-bond donors (Lipinski definition) is 3. The van der Waals surface area contributed by atoms with Crippen molar-refractivity contribution in [2.24, 2.45) is 5.73 Å². The Labute approximate surface area is 98.7 Å². The highest BCUT2D eigenvalue weighted by Gasteiger charge is 2.07. The summed E-state index contributed by atoms with van der Waals surface area (Å²) in [5.74, 6) is 0.451. The monoisotopic (exact) mass is 239 g/mol. The number of rotatable bonds is 5. The summed E-state index contributed by atoms with van der Waals surface area (Å²) >= 11 is 4.83. The van der Waals surface area contributed by atoms with Gasteiger partial charge in [0.15, 0.2) is 5.82 Å². The Morgan fingerprint density at radius 1 is 1.50 bits per heavy atom. The second kappa shape index (κ2) is 5.96. The van der Waals surface area contributed by atoms with E-state index in [9.17, 15) is 4.79 Å². The van der Waals surface area contributed by atoms with Crippen LogP contribution in [0.4, 0.5) is 5.82 Å². The third kappa shape index (κ3) is 3.43. The van der Waals surface area contributed by atoms with E-state index in [1.54, 1.807) is 7.05 Å². The van der Waals surface area contributed by atoms with E-state index in [0.29, 0.717) is 24.5 Å². The fourth-order valence-corrected chi connectivity index (χ4v) is 1.22. The van der Waals surface area contributed by atoms with Gasteiger partial charge in [-0.05, 0) is 0 Å². The summed E-state index contributed by atoms with van der Waals surface area (Å²) in [5, 5.41) is 5.48. The first-order chi connectivity index (χ1) is 7.65. The van der Waals surface area contributed by atoms with Crippen LogP contribution in [0.15, 0.2) is 12.4 Å². The standard InChI is InChI=1S/C9H13N5OS/c1-11-6(15)2-3-13-9-7(8(10)16)12-4-5-14-9/h4-5H,2-3H2,1H3,(H2,10,16)(H,11,15)(H,13,14). The highest BCUT2D eigenvalue weighted by Crippen LogP contribution is 2.07. The number of thiocarbonyl (C=S) groups is 1. The number of nitrogens with zero attached hydrogens (tertiary/aromatic N) is 2. The van der Waals surface area contributed by atoms with Crippen molar-refractivity contribution in [3.63, 3.8) is 0 Å². The van der Waals surface area contributed by atoms with E-state index >= 15 is 0 Å². The van der Waals surface area contributed by atoms with Crippen molar-refractivity contribution in [2.45, 2.75) is 6.42 Å². The van der Waals surface area contributed by atoms with Gasteiger partial charge in [-0.1, -0.05) is 12.2 Å². The van der Waals surface area contributed by atoms with Gasteiger partial charge < -0.3 is 16.4 Å². The second-order valence-electron chi connectivity index (χ2n) is 2.97. The van der Waals surface area contributed by atoms with Crippen molar-refractivity contribution in [1.82, 2.24) is 15.3 Å². The number of anilines is 1. The van der Waals surface area contributed by atoms with Gasteiger partial charge in [0.1, 0.15) is 10.7 Å². The molecule has 1 amide bonds. The van der Waals surface area contributed by atoms with Gasteiger partial charge in [0.2, 0.25) is 5.91 Å². The molecule has 0 spiro atoms. The number of nitrogens with one attached hydrogen (secondary N) is 2. The molecule has 0 aliphatic heterocycles. The molecule has 1 aromatic heterocycles. The molecule has 0 saturated heterocycles. The lowest BCUT2D eigenvalue weighted by molar-refractivity contribution is -0.120. The normalized spacial score (nSPS) is 9.56. The Balaban J connectivity index is 2.60. The quantitative estimate of drug-likeness (QED) is 0.609. The molecule has 86 valence electrons. The van der Waals surface area contributed by atoms with Gasteiger partial charge in [-0.2, -0.15) is 0 Å². The van der Waals surface area contributed by atoms with Crippen LogP contribution in [0, 0.1) is 0 Å². The van der Waals surface area contributed by atoms with Crippen LogP contribution in [0.2, 0.25) is 0 Å². The van der Waals surface area contributed by atoms with Crippen LogP contribution >= 0.6 is 12.2 Å². The first-order valence-corrected chi connectivity index (χ1v) is 5.11. The minimum absolute atomic E-state index is 0.0479. The van der Waals surface area contributed by atoms with Crippen molar-refractivity contribution < 1.29 is 4.79 Å². The predicted molar refractivity (Wildman–Crippen MR) is 65.1 cm³/mol. The number of amides is 1. The summed E-state index contributed by atoms with van der Waals surface area (Å²) in [5.41, 5.74) is 5.92. The van der Waals surface area contributed by atoms with Gasteiger partial charge in [0.05, 0.1) is 0 Å². The van der Waals surface area contributed by atoms with Crippen LogP contribution in [-0.4, -0.2) is 34.5 Å². The molecular weight excluding hydrogens is 226 g/mol. The van der Waals surface area contributed by atoms with Gasteiger partial charge in [0.25, 0.3) is 0 Å². The Bertz CT molecular complexity index is 395. The van der Waals surface area contributed by atoms with Crippen molar-refractivity contribution in [3.05, 3.63) is 18.1 Å². The summed E-state index contributed by atoms with van der Waals surface area (Å²) in [6.45, 7) is 0.452. The summed E-state index contributed by atoms with van der Waals surface area (Å²) in [6, 6.07) is 0. The van der Waals surface area contributed by atoms with Crippen LogP contribution in [-0.2, 0) is 4.79 Å². The van der Waals surface area contributed by atoms with Crippen molar-refractivity contribution in [1.29, 1.82) is 0 Å². The van der Waals surface area contributed by atoms with Crippen LogP contribution in [0.5, 0.6) is 0 Å². The molecule has 1 heterocycles. The summed E-state index contributed by atoms with van der Waals surface area (Å²) in [7, 11) is 1.59. The van der Waals surface area contributed by atoms with E-state index < -0.39 is 0 Å². The lowest BCUT2D eigenvalue weighted by Gasteiger charge is -2.07. The minimum atomic E-state index is -0.0479. The summed E-state index contributed by atoms with van der Waals surface area (Å²) < 4.78 is 0. The molecule has 16 heavy (non-hydrogen) atoms. The van der Waals surface area contributed by atoms with Crippen molar-refractivity contribution >= 4 is 28.9 Å². The van der Waals surface area contributed by atoms with Crippen LogP contribution in [0.3, 0.4) is 0 Å². The first kappa shape index (κ1) is 12.3. The van der Waals surface area contributed by atoms with E-state index in [1.807, 2.05) is 0 Å². The molecule has 0 bridgehead atoms. The maximum atomic E-state index is 11.0. The molecule has 1 aromatic rings. The van der Waals surface area contributed by atoms with Crippen LogP contribution in [0.1, 0.15) is 12.1 Å². The molecule has 0 saturated carbocycles. The van der Waals surface area contributed by atoms with Gasteiger partial charge in [-0.3, -0.25) is 4.79 Å². The lowest BCUT2D eigenvalue weighted by atomic mass is 10.3. The molecule has 1 rings (SSSR count). The molecular formula is C9H13N5OS. The Morgan fingerprint density at radius 3 is 2.81 bits per heavy atom. The largest absolute Gasteiger partial charge is 0.388 e. The Kier molecular flexibility index (Phi) is 4.59. The van der Waals surface area contributed by atoms with E-state index in [2.05, 4.69) is 20.6 Å². The Morgan fingerprint density at radius 2 is 2.19 bits per heavy atom. The van der Waals surface area contributed by atoms with Gasteiger partial charge >= 0.3 is 0 Å². The molecule has 0 unspecified atom stereocenters. The molecule has 4 N–H and O–H groups in total. The first-order valence-electron chi connectivity index (χ1n) is 4.70. The molecule has 0 aliphatic rings. The van der Waals surface area contributed by atoms with Gasteiger partial charge in [-0.25, -0.2) is 9.97 Å². The number of hydrogen-bond acceptors (Lipinski definition) is 5. The summed E-state index contributed by atoms with van der Waals surface area (Å²) in [6.07, 6.45) is 3.40. The van der Waals surface area contributed by atoms with E-state index in [0.717, 1.165) is 0 Å². The van der Waals surface area contributed by atoms with Gasteiger partial charge in [-0.15, -0.1) is 0 Å². The molecule has 0 aliphatic carbocycles. The molecule has 6 nitrogen and oxygen atoms in total. The SMILES string of the molecule is CNC(=O)CCNc1nccnc1C(N)=S. The summed E-state index contributed by atoms with van der Waals surface area (Å²) in [4.78, 5) is 19.2. The van der Waals surface area contributed by atoms with Crippen LogP contribution in [0.25, 0.3) is 0 Å². The second-order valence-corrected chi connectivity index (χ2v) is 3.41. The topological polar surface area (TPSA) is 92.9 Å². The number of aromatic nitrogens is 2. The zero-order valence-corrected chi connectivity index (χ0v) is 9.67. The number of carbonyl (C=O) groups is 1. The smallest absolute Gasteiger partial charge is 0.221 e. The maximum Gasteiger partial charge on any atom is 0.221 e. The molecule has 0 fully saturated rings. The highest BCUT2D eigenvalue weighted by atomic mass is 32.1. The Hall–Kier alpha value is -1.76. The van der Waals surface area contributed by atoms with Crippen molar-refractivity contribution in [3.8, 4) is 0 Å². The average Bonchev–Trinajstić information content (AvgIpc) is 2.29. The van der Waals surface area contributed by atoms with Gasteiger partial charge in [0, 0.05) is 32.4 Å². The minimum Gasteiger partial charge on any atom is -0.388 e.